The summed E-state index contributed by atoms with van der Waals surface area (Å²) in [6, 6.07) is -0.864. The Morgan fingerprint density at radius 3 is 1.91 bits per heavy atom. The van der Waals surface area contributed by atoms with Crippen molar-refractivity contribution < 1.29 is 22.7 Å². The normalized spacial score (nSPS) is 16.6. The minimum atomic E-state index is -3.58. The molecule has 0 radical (unpaired) electrons. The molecule has 7 heteroatoms. The molecular weight excluding hydrogens is 318 g/mol. The van der Waals surface area contributed by atoms with Gasteiger partial charge in [-0.1, -0.05) is 20.3 Å². The van der Waals surface area contributed by atoms with E-state index in [0.29, 0.717) is 6.42 Å². The van der Waals surface area contributed by atoms with Gasteiger partial charge >= 0.3 is 5.97 Å². The summed E-state index contributed by atoms with van der Waals surface area (Å²) in [7, 11) is -3.58. The third-order valence-electron chi connectivity index (χ3n) is 3.69. The molecule has 0 bridgehead atoms. The van der Waals surface area contributed by atoms with Gasteiger partial charge in [0.15, 0.2) is 9.84 Å². The van der Waals surface area contributed by atoms with Crippen LogP contribution in [0.2, 0.25) is 0 Å². The lowest BCUT2D eigenvalue weighted by Crippen LogP contribution is -2.52. The van der Waals surface area contributed by atoms with Gasteiger partial charge in [0.2, 0.25) is 5.91 Å². The highest BCUT2D eigenvalue weighted by Gasteiger charge is 2.36. The van der Waals surface area contributed by atoms with E-state index in [1.807, 2.05) is 13.8 Å². The molecule has 0 aromatic carbocycles. The van der Waals surface area contributed by atoms with Crippen LogP contribution in [0.5, 0.6) is 0 Å². The number of nitrogens with one attached hydrogen (secondary N) is 1. The molecule has 0 saturated carbocycles. The summed E-state index contributed by atoms with van der Waals surface area (Å²) in [5.74, 6) is -1.38. The summed E-state index contributed by atoms with van der Waals surface area (Å²) in [5, 5.41) is 0.686. The zero-order valence-corrected chi connectivity index (χ0v) is 16.3. The summed E-state index contributed by atoms with van der Waals surface area (Å²) in [4.78, 5) is 24.6. The quantitative estimate of drug-likeness (QED) is 0.711. The zero-order chi connectivity index (χ0) is 18.6. The van der Waals surface area contributed by atoms with E-state index in [1.165, 1.54) is 20.8 Å². The van der Waals surface area contributed by atoms with Crippen molar-refractivity contribution in [3.63, 3.8) is 0 Å². The maximum atomic E-state index is 12.3. The van der Waals surface area contributed by atoms with Crippen LogP contribution < -0.4 is 5.32 Å². The molecule has 0 aromatic rings. The van der Waals surface area contributed by atoms with Crippen LogP contribution >= 0.6 is 0 Å². The summed E-state index contributed by atoms with van der Waals surface area (Å²) in [6.45, 7) is 13.3. The van der Waals surface area contributed by atoms with Gasteiger partial charge < -0.3 is 10.1 Å². The largest absolute Gasteiger partial charge is 0.458 e. The van der Waals surface area contributed by atoms with Gasteiger partial charge in [0.1, 0.15) is 16.9 Å². The monoisotopic (exact) mass is 349 g/mol. The van der Waals surface area contributed by atoms with Crippen LogP contribution in [0.1, 0.15) is 61.8 Å². The predicted molar refractivity (Wildman–Crippen MR) is 90.7 cm³/mol. The molecule has 0 aliphatic rings. The van der Waals surface area contributed by atoms with Crippen molar-refractivity contribution in [1.29, 1.82) is 0 Å². The lowest BCUT2D eigenvalue weighted by molar-refractivity contribution is -0.160. The number of hydrogen-bond donors (Lipinski definition) is 1. The minimum absolute atomic E-state index is 0.164. The molecule has 1 N–H and O–H groups in total. The van der Waals surface area contributed by atoms with Crippen LogP contribution in [-0.4, -0.2) is 42.4 Å². The number of hydrogen-bond acceptors (Lipinski definition) is 5. The molecule has 6 nitrogen and oxygen atoms in total. The zero-order valence-electron chi connectivity index (χ0n) is 15.5. The van der Waals surface area contributed by atoms with E-state index in [4.69, 9.17) is 4.74 Å². The van der Waals surface area contributed by atoms with Gasteiger partial charge in [-0.3, -0.25) is 4.79 Å². The summed E-state index contributed by atoms with van der Waals surface area (Å²) in [6.07, 6.45) is 0.648. The molecule has 0 rings (SSSR count). The Morgan fingerprint density at radius 1 is 1.09 bits per heavy atom. The van der Waals surface area contributed by atoms with Crippen LogP contribution in [0.25, 0.3) is 0 Å². The number of carbonyl (C=O) groups is 2. The second-order valence-electron chi connectivity index (χ2n) is 7.19. The van der Waals surface area contributed by atoms with Crippen molar-refractivity contribution in [2.45, 2.75) is 84.0 Å². The molecule has 0 aliphatic heterocycles. The molecule has 1 amide bonds. The third-order valence-corrected chi connectivity index (χ3v) is 6.20. The lowest BCUT2D eigenvalue weighted by atomic mass is 9.98. The predicted octanol–water partition coefficient (Wildman–Crippen LogP) is 2.07. The van der Waals surface area contributed by atoms with Gasteiger partial charge in [-0.2, -0.15) is 0 Å². The molecule has 136 valence electrons. The van der Waals surface area contributed by atoms with Gasteiger partial charge in [-0.05, 0) is 47.5 Å². The number of amides is 1. The third kappa shape index (κ3) is 6.49. The van der Waals surface area contributed by atoms with Crippen molar-refractivity contribution in [3.05, 3.63) is 0 Å². The smallest absolute Gasteiger partial charge is 0.329 e. The van der Waals surface area contributed by atoms with Crippen LogP contribution in [0.3, 0.4) is 0 Å². The van der Waals surface area contributed by atoms with Crippen LogP contribution in [0.15, 0.2) is 0 Å². The Bertz CT molecular complexity index is 519. The van der Waals surface area contributed by atoms with E-state index in [0.717, 1.165) is 0 Å². The summed E-state index contributed by atoms with van der Waals surface area (Å²) in [5.41, 5.74) is -0.677. The minimum Gasteiger partial charge on any atom is -0.458 e. The molecule has 0 spiro atoms. The number of sulfone groups is 1. The highest BCUT2D eigenvalue weighted by molar-refractivity contribution is 7.93. The Hall–Kier alpha value is -1.11. The van der Waals surface area contributed by atoms with E-state index >= 15 is 0 Å². The molecule has 0 aromatic heterocycles. The van der Waals surface area contributed by atoms with Crippen LogP contribution in [0.4, 0.5) is 0 Å². The fourth-order valence-corrected chi connectivity index (χ4v) is 3.05. The van der Waals surface area contributed by atoms with E-state index in [2.05, 4.69) is 5.32 Å². The molecule has 23 heavy (non-hydrogen) atoms. The highest BCUT2D eigenvalue weighted by atomic mass is 32.2. The summed E-state index contributed by atoms with van der Waals surface area (Å²) < 4.78 is 29.6. The Labute approximate surface area is 140 Å². The van der Waals surface area contributed by atoms with E-state index in [9.17, 15) is 18.0 Å². The average Bonchev–Trinajstić information content (AvgIpc) is 2.40. The first-order valence-corrected chi connectivity index (χ1v) is 9.60. The van der Waals surface area contributed by atoms with Gasteiger partial charge in [-0.15, -0.1) is 0 Å². The first-order valence-electron chi connectivity index (χ1n) is 8.00. The molecule has 3 atom stereocenters. The Kier molecular flexibility index (Phi) is 7.73. The Morgan fingerprint density at radius 2 is 1.57 bits per heavy atom. The number of ether oxygens (including phenoxy) is 1. The van der Waals surface area contributed by atoms with E-state index in [-0.39, 0.29) is 5.92 Å². The molecule has 0 unspecified atom stereocenters. The van der Waals surface area contributed by atoms with Gasteiger partial charge in [0.05, 0.1) is 5.25 Å². The number of esters is 1. The van der Waals surface area contributed by atoms with Gasteiger partial charge in [0, 0.05) is 0 Å². The summed E-state index contributed by atoms with van der Waals surface area (Å²) >= 11 is 0. The van der Waals surface area contributed by atoms with Crippen molar-refractivity contribution in [3.8, 4) is 0 Å². The van der Waals surface area contributed by atoms with Gasteiger partial charge in [0.25, 0.3) is 0 Å². The second-order valence-corrected chi connectivity index (χ2v) is 10.0. The van der Waals surface area contributed by atoms with Crippen LogP contribution in [-0.2, 0) is 24.2 Å². The van der Waals surface area contributed by atoms with Crippen LogP contribution in [0, 0.1) is 5.92 Å². The van der Waals surface area contributed by atoms with Crippen molar-refractivity contribution in [2.75, 3.05) is 0 Å². The standard InChI is InChI=1S/C16H31NO5S/c1-9-11(4)13(15(19)22-16(6,7)8)17-14(18)12(5)23(20,21)10(2)3/h10-13H,9H2,1-8H3,(H,17,18)/t11-,12+,13-/m0/s1. The van der Waals surface area contributed by atoms with E-state index in [1.54, 1.807) is 20.8 Å². The molecule has 0 heterocycles. The fourth-order valence-electron chi connectivity index (χ4n) is 1.86. The first kappa shape index (κ1) is 21.9. The number of carbonyl (C=O) groups excluding carboxylic acids is 2. The lowest BCUT2D eigenvalue weighted by Gasteiger charge is -2.28. The maximum absolute atomic E-state index is 12.3. The maximum Gasteiger partial charge on any atom is 0.329 e. The first-order chi connectivity index (χ1) is 10.2. The number of rotatable bonds is 7. The van der Waals surface area contributed by atoms with Crippen molar-refractivity contribution >= 4 is 21.7 Å². The SMILES string of the molecule is CC[C@H](C)[C@H](NC(=O)[C@@H](C)S(=O)(=O)C(C)C)C(=O)OC(C)(C)C. The Balaban J connectivity index is 5.26. The molecule has 0 saturated heterocycles. The molecular formula is C16H31NO5S. The molecule has 0 aliphatic carbocycles. The topological polar surface area (TPSA) is 89.5 Å². The fraction of sp³-hybridized carbons (Fsp3) is 0.875. The van der Waals surface area contributed by atoms with Crippen molar-refractivity contribution in [2.24, 2.45) is 5.92 Å². The second kappa shape index (κ2) is 8.13. The van der Waals surface area contributed by atoms with Crippen molar-refractivity contribution in [1.82, 2.24) is 5.32 Å². The van der Waals surface area contributed by atoms with Gasteiger partial charge in [-0.25, -0.2) is 13.2 Å². The van der Waals surface area contributed by atoms with E-state index < -0.39 is 43.9 Å². The highest BCUT2D eigenvalue weighted by Crippen LogP contribution is 2.16. The average molecular weight is 349 g/mol. The molecule has 0 fully saturated rings.